The highest BCUT2D eigenvalue weighted by Gasteiger charge is 2.57. The maximum Gasteiger partial charge on any atom is 0.418 e. The Bertz CT molecular complexity index is 912. The number of piperazine rings is 1. The normalized spacial score (nSPS) is 18.2. The van der Waals surface area contributed by atoms with E-state index in [1.807, 2.05) is 30.3 Å². The second-order valence-corrected chi connectivity index (χ2v) is 9.47. The Labute approximate surface area is 192 Å². The van der Waals surface area contributed by atoms with E-state index in [-0.39, 0.29) is 0 Å². The zero-order valence-corrected chi connectivity index (χ0v) is 19.3. The summed E-state index contributed by atoms with van der Waals surface area (Å²) in [4.78, 5) is 3.86. The second kappa shape index (κ2) is 9.99. The number of halogens is 4. The van der Waals surface area contributed by atoms with Crippen LogP contribution in [0.1, 0.15) is 31.4 Å². The second-order valence-electron chi connectivity index (χ2n) is 9.47. The van der Waals surface area contributed by atoms with Crippen molar-refractivity contribution < 1.29 is 27.4 Å². The Balaban J connectivity index is 1.71. The van der Waals surface area contributed by atoms with Crippen molar-refractivity contribution in [2.45, 2.75) is 44.0 Å². The first-order valence-electron chi connectivity index (χ1n) is 11.1. The topological polar surface area (TPSA) is 35.9 Å². The van der Waals surface area contributed by atoms with Crippen molar-refractivity contribution in [1.82, 2.24) is 9.80 Å². The Hall–Kier alpha value is -2.16. The lowest BCUT2D eigenvalue weighted by atomic mass is 9.74. The van der Waals surface area contributed by atoms with E-state index in [4.69, 9.17) is 4.74 Å². The third-order valence-electron chi connectivity index (χ3n) is 6.35. The molecule has 0 amide bonds. The maximum absolute atomic E-state index is 14.1. The molecule has 0 aliphatic carbocycles. The van der Waals surface area contributed by atoms with Crippen molar-refractivity contribution in [2.75, 3.05) is 39.8 Å². The molecule has 1 aliphatic heterocycles. The van der Waals surface area contributed by atoms with Crippen molar-refractivity contribution in [1.29, 1.82) is 0 Å². The lowest BCUT2D eigenvalue weighted by Gasteiger charge is -2.43. The van der Waals surface area contributed by atoms with Gasteiger partial charge in [-0.15, -0.1) is 0 Å². The molecule has 182 valence electrons. The van der Waals surface area contributed by atoms with Crippen molar-refractivity contribution in [2.24, 2.45) is 0 Å². The van der Waals surface area contributed by atoms with E-state index in [9.17, 15) is 22.7 Å². The van der Waals surface area contributed by atoms with E-state index in [2.05, 4.69) is 4.90 Å². The molecule has 1 unspecified atom stereocenters. The molecular weight excluding hydrogens is 436 g/mol. The molecule has 1 atom stereocenters. The van der Waals surface area contributed by atoms with Gasteiger partial charge in [0.25, 0.3) is 0 Å². The third kappa shape index (κ3) is 6.25. The number of ether oxygens (including phenoxy) is 1. The molecule has 3 rings (SSSR count). The molecule has 1 aliphatic rings. The molecule has 1 saturated heterocycles. The van der Waals surface area contributed by atoms with Crippen LogP contribution in [0.5, 0.6) is 5.75 Å². The molecule has 8 heteroatoms. The Morgan fingerprint density at radius 1 is 0.939 bits per heavy atom. The first-order chi connectivity index (χ1) is 15.4. The number of hydrogen-bond acceptors (Lipinski definition) is 4. The molecule has 2 aromatic rings. The van der Waals surface area contributed by atoms with Gasteiger partial charge in [0.15, 0.2) is 5.60 Å². The average Bonchev–Trinajstić information content (AvgIpc) is 2.75. The standard InChI is InChI=1S/C25H32F4N2O2/c1-23(2,21-15-20(26)9-10-22(21)33-3)17-24(32,25(27,28)29)18-31-13-11-30(12-14-31)16-19-7-5-4-6-8-19/h4-10,15,32H,11-14,16-18H2,1-3H3. The van der Waals surface area contributed by atoms with Crippen LogP contribution in [0.3, 0.4) is 0 Å². The fraction of sp³-hybridized carbons (Fsp3) is 0.520. The van der Waals surface area contributed by atoms with Gasteiger partial charge in [-0.2, -0.15) is 13.2 Å². The molecule has 0 aromatic heterocycles. The predicted molar refractivity (Wildman–Crippen MR) is 120 cm³/mol. The summed E-state index contributed by atoms with van der Waals surface area (Å²) in [6.45, 7) is 5.43. The number of β-amino-alcohol motifs (C(OH)–C–C–N with tert-alkyl or cyclic N) is 1. The molecule has 4 nitrogen and oxygen atoms in total. The van der Waals surface area contributed by atoms with Crippen molar-refractivity contribution >= 4 is 0 Å². The van der Waals surface area contributed by atoms with E-state index in [1.165, 1.54) is 25.3 Å². The number of rotatable bonds is 8. The van der Waals surface area contributed by atoms with E-state index in [0.29, 0.717) is 37.5 Å². The molecule has 1 N–H and O–H groups in total. The van der Waals surface area contributed by atoms with Crippen LogP contribution in [-0.4, -0.2) is 66.5 Å². The van der Waals surface area contributed by atoms with E-state index >= 15 is 0 Å². The molecule has 0 saturated carbocycles. The molecule has 33 heavy (non-hydrogen) atoms. The number of alkyl halides is 3. The monoisotopic (exact) mass is 468 g/mol. The summed E-state index contributed by atoms with van der Waals surface area (Å²) < 4.78 is 61.6. The van der Waals surface area contributed by atoms with Crippen LogP contribution < -0.4 is 4.74 Å². The van der Waals surface area contributed by atoms with Crippen LogP contribution in [0, 0.1) is 5.82 Å². The first-order valence-corrected chi connectivity index (χ1v) is 11.1. The van der Waals surface area contributed by atoms with Gasteiger partial charge in [0.1, 0.15) is 11.6 Å². The minimum Gasteiger partial charge on any atom is -0.496 e. The lowest BCUT2D eigenvalue weighted by Crippen LogP contribution is -2.59. The summed E-state index contributed by atoms with van der Waals surface area (Å²) in [5, 5.41) is 10.9. The summed E-state index contributed by atoms with van der Waals surface area (Å²) in [7, 11) is 1.39. The smallest absolute Gasteiger partial charge is 0.418 e. The molecule has 2 aromatic carbocycles. The van der Waals surface area contributed by atoms with Crippen molar-refractivity contribution in [3.8, 4) is 5.75 Å². The van der Waals surface area contributed by atoms with Crippen LogP contribution in [0.2, 0.25) is 0 Å². The van der Waals surface area contributed by atoms with Gasteiger partial charge in [-0.05, 0) is 35.6 Å². The summed E-state index contributed by atoms with van der Waals surface area (Å²) >= 11 is 0. The zero-order valence-electron chi connectivity index (χ0n) is 19.3. The number of methoxy groups -OCH3 is 1. The van der Waals surface area contributed by atoms with Crippen LogP contribution in [0.4, 0.5) is 17.6 Å². The van der Waals surface area contributed by atoms with Gasteiger partial charge in [-0.3, -0.25) is 9.80 Å². The highest BCUT2D eigenvalue weighted by atomic mass is 19.4. The first kappa shape index (κ1) is 25.5. The quantitative estimate of drug-likeness (QED) is 0.574. The Kier molecular flexibility index (Phi) is 7.71. The van der Waals surface area contributed by atoms with Gasteiger partial charge in [0, 0.05) is 44.8 Å². The minimum absolute atomic E-state index is 0.292. The van der Waals surface area contributed by atoms with Crippen LogP contribution >= 0.6 is 0 Å². The summed E-state index contributed by atoms with van der Waals surface area (Å²) in [6.07, 6.45) is -5.46. The Morgan fingerprint density at radius 2 is 1.55 bits per heavy atom. The highest BCUT2D eigenvalue weighted by Crippen LogP contribution is 2.44. The lowest BCUT2D eigenvalue weighted by molar-refractivity contribution is -0.272. The fourth-order valence-corrected chi connectivity index (χ4v) is 4.60. The number of hydrogen-bond donors (Lipinski definition) is 1. The van der Waals surface area contributed by atoms with Crippen LogP contribution in [-0.2, 0) is 12.0 Å². The fourth-order valence-electron chi connectivity index (χ4n) is 4.60. The van der Waals surface area contributed by atoms with Crippen molar-refractivity contribution in [3.63, 3.8) is 0 Å². The van der Waals surface area contributed by atoms with Gasteiger partial charge < -0.3 is 9.84 Å². The largest absolute Gasteiger partial charge is 0.496 e. The highest BCUT2D eigenvalue weighted by molar-refractivity contribution is 5.39. The van der Waals surface area contributed by atoms with E-state index in [0.717, 1.165) is 12.1 Å². The molecular formula is C25H32F4N2O2. The number of nitrogens with zero attached hydrogens (tertiary/aromatic N) is 2. The predicted octanol–water partition coefficient (Wildman–Crippen LogP) is 4.61. The molecule has 0 spiro atoms. The minimum atomic E-state index is -4.84. The van der Waals surface area contributed by atoms with Gasteiger partial charge in [0.05, 0.1) is 7.11 Å². The summed E-state index contributed by atoms with van der Waals surface area (Å²) in [5.41, 5.74) is -2.69. The Morgan fingerprint density at radius 3 is 2.12 bits per heavy atom. The van der Waals surface area contributed by atoms with Gasteiger partial charge in [0.2, 0.25) is 0 Å². The SMILES string of the molecule is COc1ccc(F)cc1C(C)(C)CC(O)(CN1CCN(Cc2ccccc2)CC1)C(F)(F)F. The van der Waals surface area contributed by atoms with Gasteiger partial charge >= 0.3 is 6.18 Å². The number of aliphatic hydroxyl groups is 1. The average molecular weight is 469 g/mol. The van der Waals surface area contributed by atoms with Gasteiger partial charge in [-0.1, -0.05) is 44.2 Å². The number of benzene rings is 2. The molecule has 1 heterocycles. The maximum atomic E-state index is 14.1. The van der Waals surface area contributed by atoms with Crippen LogP contribution in [0.25, 0.3) is 0 Å². The van der Waals surface area contributed by atoms with Gasteiger partial charge in [-0.25, -0.2) is 4.39 Å². The summed E-state index contributed by atoms with van der Waals surface area (Å²) in [6, 6.07) is 13.7. The molecule has 0 bridgehead atoms. The van der Waals surface area contributed by atoms with Crippen LogP contribution in [0.15, 0.2) is 48.5 Å². The van der Waals surface area contributed by atoms with Crippen molar-refractivity contribution in [3.05, 3.63) is 65.5 Å². The summed E-state index contributed by atoms with van der Waals surface area (Å²) in [5.74, 6) is -0.274. The van der Waals surface area contributed by atoms with E-state index in [1.54, 1.807) is 18.7 Å². The third-order valence-corrected chi connectivity index (χ3v) is 6.35. The zero-order chi connectivity index (χ0) is 24.3. The molecule has 1 fully saturated rings. The van der Waals surface area contributed by atoms with E-state index < -0.39 is 36.0 Å². The molecule has 0 radical (unpaired) electrons.